The van der Waals surface area contributed by atoms with E-state index in [1.165, 1.54) is 30.7 Å². The Morgan fingerprint density at radius 1 is 1.29 bits per heavy atom. The number of benzene rings is 1. The van der Waals surface area contributed by atoms with E-state index in [0.29, 0.717) is 11.1 Å². The highest BCUT2D eigenvalue weighted by Gasteiger charge is 2.08. The Hall–Kier alpha value is -2.83. The first-order valence-electron chi connectivity index (χ1n) is 5.94. The second-order valence-corrected chi connectivity index (χ2v) is 3.86. The maximum Gasteiger partial charge on any atom is 0.387 e. The highest BCUT2D eigenvalue weighted by Crippen LogP contribution is 2.18. The Morgan fingerprint density at radius 3 is 2.81 bits per heavy atom. The van der Waals surface area contributed by atoms with Crippen LogP contribution in [0.15, 0.2) is 53.9 Å². The van der Waals surface area contributed by atoms with Gasteiger partial charge in [-0.2, -0.15) is 13.9 Å². The van der Waals surface area contributed by atoms with Gasteiger partial charge in [-0.3, -0.25) is 9.78 Å². The molecule has 7 heteroatoms. The lowest BCUT2D eigenvalue weighted by atomic mass is 10.2. The normalized spacial score (nSPS) is 10.8. The summed E-state index contributed by atoms with van der Waals surface area (Å²) >= 11 is 0. The van der Waals surface area contributed by atoms with Crippen LogP contribution in [0, 0.1) is 0 Å². The van der Waals surface area contributed by atoms with Crippen LogP contribution in [-0.4, -0.2) is 23.7 Å². The molecule has 1 aromatic heterocycles. The number of ether oxygens (including phenoxy) is 1. The number of pyridine rings is 1. The fourth-order valence-corrected chi connectivity index (χ4v) is 1.51. The predicted molar refractivity (Wildman–Crippen MR) is 72.4 cm³/mol. The SMILES string of the molecule is O=C(NN=Cc1ccccc1OC(F)F)c1cccnc1. The van der Waals surface area contributed by atoms with E-state index in [0.717, 1.165) is 0 Å². The van der Waals surface area contributed by atoms with Gasteiger partial charge in [0.05, 0.1) is 11.8 Å². The van der Waals surface area contributed by atoms with Crippen molar-refractivity contribution in [3.8, 4) is 5.75 Å². The molecule has 1 aromatic carbocycles. The van der Waals surface area contributed by atoms with Crippen LogP contribution in [0.5, 0.6) is 5.75 Å². The fourth-order valence-electron chi connectivity index (χ4n) is 1.51. The smallest absolute Gasteiger partial charge is 0.387 e. The molecule has 2 rings (SSSR count). The topological polar surface area (TPSA) is 63.6 Å². The zero-order valence-electron chi connectivity index (χ0n) is 10.7. The van der Waals surface area contributed by atoms with E-state index in [9.17, 15) is 13.6 Å². The summed E-state index contributed by atoms with van der Waals surface area (Å²) in [5.41, 5.74) is 2.94. The molecule has 0 unspecified atom stereocenters. The van der Waals surface area contributed by atoms with Gasteiger partial charge in [0, 0.05) is 18.0 Å². The summed E-state index contributed by atoms with van der Waals surface area (Å²) < 4.78 is 28.8. The van der Waals surface area contributed by atoms with Gasteiger partial charge in [-0.1, -0.05) is 12.1 Å². The number of rotatable bonds is 5. The lowest BCUT2D eigenvalue weighted by Crippen LogP contribution is -2.17. The fraction of sp³-hybridized carbons (Fsp3) is 0.0714. The largest absolute Gasteiger partial charge is 0.434 e. The van der Waals surface area contributed by atoms with Crippen molar-refractivity contribution < 1.29 is 18.3 Å². The molecule has 0 radical (unpaired) electrons. The average Bonchev–Trinajstić information content (AvgIpc) is 2.49. The summed E-state index contributed by atoms with van der Waals surface area (Å²) in [6.45, 7) is -2.93. The number of hydrazone groups is 1. The Bertz CT molecular complexity index is 633. The van der Waals surface area contributed by atoms with Crippen molar-refractivity contribution >= 4 is 12.1 Å². The van der Waals surface area contributed by atoms with E-state index in [1.54, 1.807) is 24.3 Å². The molecular weight excluding hydrogens is 280 g/mol. The van der Waals surface area contributed by atoms with Gasteiger partial charge in [0.15, 0.2) is 0 Å². The summed E-state index contributed by atoms with van der Waals surface area (Å²) in [6.07, 6.45) is 4.16. The van der Waals surface area contributed by atoms with Gasteiger partial charge >= 0.3 is 6.61 Å². The van der Waals surface area contributed by atoms with Gasteiger partial charge in [-0.25, -0.2) is 5.43 Å². The molecule has 0 aliphatic rings. The number of hydrogen-bond donors (Lipinski definition) is 1. The molecule has 0 saturated carbocycles. The van der Waals surface area contributed by atoms with Gasteiger partial charge in [0.2, 0.25) is 0 Å². The molecule has 108 valence electrons. The molecule has 0 saturated heterocycles. The summed E-state index contributed by atoms with van der Waals surface area (Å²) in [4.78, 5) is 15.5. The zero-order chi connectivity index (χ0) is 15.1. The van der Waals surface area contributed by atoms with Crippen LogP contribution < -0.4 is 10.2 Å². The van der Waals surface area contributed by atoms with Crippen LogP contribution in [0.4, 0.5) is 8.78 Å². The van der Waals surface area contributed by atoms with Crippen LogP contribution >= 0.6 is 0 Å². The molecule has 0 aliphatic heterocycles. The molecule has 1 N–H and O–H groups in total. The van der Waals surface area contributed by atoms with Gasteiger partial charge in [-0.05, 0) is 24.3 Å². The highest BCUT2D eigenvalue weighted by atomic mass is 19.3. The lowest BCUT2D eigenvalue weighted by Gasteiger charge is -2.06. The second-order valence-electron chi connectivity index (χ2n) is 3.86. The number of aromatic nitrogens is 1. The lowest BCUT2D eigenvalue weighted by molar-refractivity contribution is -0.0499. The monoisotopic (exact) mass is 291 g/mol. The molecule has 2 aromatic rings. The Labute approximate surface area is 119 Å². The van der Waals surface area contributed by atoms with E-state index in [2.05, 4.69) is 20.2 Å². The molecule has 21 heavy (non-hydrogen) atoms. The third-order valence-electron chi connectivity index (χ3n) is 2.43. The minimum absolute atomic E-state index is 0.0214. The molecular formula is C14H11F2N3O2. The number of carbonyl (C=O) groups is 1. The number of halogens is 2. The highest BCUT2D eigenvalue weighted by molar-refractivity contribution is 5.94. The van der Waals surface area contributed by atoms with Crippen molar-refractivity contribution in [1.29, 1.82) is 0 Å². The molecule has 0 atom stereocenters. The van der Waals surface area contributed by atoms with Crippen molar-refractivity contribution in [2.75, 3.05) is 0 Å². The van der Waals surface area contributed by atoms with Crippen molar-refractivity contribution in [2.24, 2.45) is 5.10 Å². The molecule has 0 bridgehead atoms. The summed E-state index contributed by atoms with van der Waals surface area (Å²) in [5, 5.41) is 3.71. The minimum atomic E-state index is -2.93. The van der Waals surface area contributed by atoms with E-state index in [4.69, 9.17) is 0 Å². The number of nitrogens with zero attached hydrogens (tertiary/aromatic N) is 2. The van der Waals surface area contributed by atoms with E-state index >= 15 is 0 Å². The van der Waals surface area contributed by atoms with Crippen LogP contribution in [0.3, 0.4) is 0 Å². The first kappa shape index (κ1) is 14.6. The van der Waals surface area contributed by atoms with Crippen LogP contribution in [0.1, 0.15) is 15.9 Å². The first-order chi connectivity index (χ1) is 10.2. The Morgan fingerprint density at radius 2 is 2.10 bits per heavy atom. The predicted octanol–water partition coefficient (Wildman–Crippen LogP) is 2.45. The second kappa shape index (κ2) is 7.09. The molecule has 0 spiro atoms. The minimum Gasteiger partial charge on any atom is -0.434 e. The molecule has 0 fully saturated rings. The summed E-state index contributed by atoms with van der Waals surface area (Å²) in [6, 6.07) is 9.32. The van der Waals surface area contributed by atoms with Crippen LogP contribution in [-0.2, 0) is 0 Å². The summed E-state index contributed by atoms with van der Waals surface area (Å²) in [7, 11) is 0. The Kier molecular flexibility index (Phi) is 4.92. The van der Waals surface area contributed by atoms with Crippen molar-refractivity contribution in [3.05, 3.63) is 59.9 Å². The third kappa shape index (κ3) is 4.34. The number of para-hydroxylation sites is 1. The van der Waals surface area contributed by atoms with Gasteiger partial charge in [0.25, 0.3) is 5.91 Å². The number of hydrogen-bond acceptors (Lipinski definition) is 4. The van der Waals surface area contributed by atoms with E-state index in [1.807, 2.05) is 0 Å². The summed E-state index contributed by atoms with van der Waals surface area (Å²) in [5.74, 6) is -0.474. The number of nitrogens with one attached hydrogen (secondary N) is 1. The third-order valence-corrected chi connectivity index (χ3v) is 2.43. The van der Waals surface area contributed by atoms with Crippen LogP contribution in [0.2, 0.25) is 0 Å². The molecule has 1 heterocycles. The van der Waals surface area contributed by atoms with Gasteiger partial charge in [-0.15, -0.1) is 0 Å². The molecule has 1 amide bonds. The van der Waals surface area contributed by atoms with Crippen molar-refractivity contribution in [1.82, 2.24) is 10.4 Å². The van der Waals surface area contributed by atoms with Crippen LogP contribution in [0.25, 0.3) is 0 Å². The average molecular weight is 291 g/mol. The zero-order valence-corrected chi connectivity index (χ0v) is 10.7. The van der Waals surface area contributed by atoms with E-state index < -0.39 is 12.5 Å². The standard InChI is InChI=1S/C14H11F2N3O2/c15-14(16)21-12-6-2-1-4-10(12)9-18-19-13(20)11-5-3-7-17-8-11/h1-9,14H,(H,19,20). The first-order valence-corrected chi connectivity index (χ1v) is 5.94. The molecule has 0 aliphatic carbocycles. The molecule has 5 nitrogen and oxygen atoms in total. The number of amides is 1. The number of carbonyl (C=O) groups excluding carboxylic acids is 1. The number of alkyl halides is 2. The van der Waals surface area contributed by atoms with Crippen molar-refractivity contribution in [2.45, 2.75) is 6.61 Å². The van der Waals surface area contributed by atoms with E-state index in [-0.39, 0.29) is 5.75 Å². The maximum absolute atomic E-state index is 12.2. The quantitative estimate of drug-likeness (QED) is 0.680. The van der Waals surface area contributed by atoms with Crippen molar-refractivity contribution in [3.63, 3.8) is 0 Å². The maximum atomic E-state index is 12.2. The Balaban J connectivity index is 2.03. The van der Waals surface area contributed by atoms with Gasteiger partial charge < -0.3 is 4.74 Å². The van der Waals surface area contributed by atoms with Gasteiger partial charge in [0.1, 0.15) is 5.75 Å².